The maximum atomic E-state index is 12.1. The van der Waals surface area contributed by atoms with Crippen molar-refractivity contribution in [3.8, 4) is 11.8 Å². The van der Waals surface area contributed by atoms with Crippen LogP contribution >= 0.6 is 0 Å². The van der Waals surface area contributed by atoms with Gasteiger partial charge >= 0.3 is 18.2 Å². The number of nitrogens with zero attached hydrogens (tertiary/aromatic N) is 3. The van der Waals surface area contributed by atoms with Crippen LogP contribution in [0.15, 0.2) is 30.5 Å². The van der Waals surface area contributed by atoms with Gasteiger partial charge in [0.15, 0.2) is 0 Å². The molecule has 1 aliphatic heterocycles. The van der Waals surface area contributed by atoms with Crippen molar-refractivity contribution in [3.05, 3.63) is 46.1 Å². The molecule has 2 aromatic rings. The molecule has 0 radical (unpaired) electrons. The normalized spacial score (nSPS) is 16.5. The molecular formula is C16H16F3N3O5. The van der Waals surface area contributed by atoms with E-state index in [0.29, 0.717) is 26.0 Å². The molecule has 2 heterocycles. The van der Waals surface area contributed by atoms with Crippen molar-refractivity contribution in [3.63, 3.8) is 0 Å². The molecule has 11 heteroatoms. The van der Waals surface area contributed by atoms with Crippen LogP contribution in [0.4, 0.5) is 19.0 Å². The summed E-state index contributed by atoms with van der Waals surface area (Å²) < 4.78 is 52.7. The van der Waals surface area contributed by atoms with E-state index in [1.165, 1.54) is 22.9 Å². The third-order valence-corrected chi connectivity index (χ3v) is 3.83. The van der Waals surface area contributed by atoms with Gasteiger partial charge in [-0.1, -0.05) is 12.1 Å². The van der Waals surface area contributed by atoms with E-state index in [4.69, 9.17) is 9.47 Å². The van der Waals surface area contributed by atoms with Crippen LogP contribution in [-0.4, -0.2) is 40.2 Å². The molecule has 0 spiro atoms. The van der Waals surface area contributed by atoms with Gasteiger partial charge in [0, 0.05) is 11.6 Å². The van der Waals surface area contributed by atoms with E-state index in [0.717, 1.165) is 5.56 Å². The van der Waals surface area contributed by atoms with Gasteiger partial charge in [-0.05, 0) is 35.5 Å². The summed E-state index contributed by atoms with van der Waals surface area (Å²) in [4.78, 5) is 13.9. The van der Waals surface area contributed by atoms with E-state index in [1.54, 1.807) is 12.1 Å². The Bertz CT molecular complexity index is 792. The number of rotatable bonds is 7. The number of halogens is 3. The molecule has 0 saturated carbocycles. The minimum absolute atomic E-state index is 0.197. The average Bonchev–Trinajstić information content (AvgIpc) is 3.02. The number of hydrogen-bond acceptors (Lipinski definition) is 6. The summed E-state index contributed by atoms with van der Waals surface area (Å²) in [6.07, 6.45) is -2.37. The molecule has 0 N–H and O–H groups in total. The smallest absolute Gasteiger partial charge is 0.443 e. The van der Waals surface area contributed by atoms with Gasteiger partial charge in [0.2, 0.25) is 0 Å². The molecule has 3 rings (SSSR count). The van der Waals surface area contributed by atoms with Crippen LogP contribution in [0.1, 0.15) is 12.0 Å². The van der Waals surface area contributed by atoms with Crippen molar-refractivity contribution >= 4 is 5.82 Å². The van der Waals surface area contributed by atoms with E-state index in [2.05, 4.69) is 9.72 Å². The molecule has 1 aliphatic rings. The predicted molar refractivity (Wildman–Crippen MR) is 85.6 cm³/mol. The SMILES string of the molecule is O=[N+]([O-])c1cn2c(n1)OC[C@@H](OCCCc1ccc(OC(F)(F)F)cc1)C2. The zero-order valence-electron chi connectivity index (χ0n) is 14.0. The van der Waals surface area contributed by atoms with Crippen LogP contribution in [0.25, 0.3) is 0 Å². The molecule has 0 aliphatic carbocycles. The van der Waals surface area contributed by atoms with E-state index in [1.807, 2.05) is 0 Å². The number of fused-ring (bicyclic) bond motifs is 1. The van der Waals surface area contributed by atoms with Gasteiger partial charge in [0.1, 0.15) is 24.7 Å². The molecule has 146 valence electrons. The average molecular weight is 387 g/mol. The van der Waals surface area contributed by atoms with Crippen molar-refractivity contribution in [1.82, 2.24) is 9.55 Å². The number of aryl methyl sites for hydroxylation is 1. The van der Waals surface area contributed by atoms with Gasteiger partial charge in [-0.25, -0.2) is 0 Å². The number of hydrogen-bond donors (Lipinski definition) is 0. The van der Waals surface area contributed by atoms with Gasteiger partial charge in [-0.15, -0.1) is 13.2 Å². The van der Waals surface area contributed by atoms with Gasteiger partial charge < -0.3 is 24.3 Å². The highest BCUT2D eigenvalue weighted by Gasteiger charge is 2.31. The van der Waals surface area contributed by atoms with E-state index >= 15 is 0 Å². The van der Waals surface area contributed by atoms with Crippen molar-refractivity contribution in [1.29, 1.82) is 0 Å². The first-order chi connectivity index (χ1) is 12.8. The van der Waals surface area contributed by atoms with Crippen LogP contribution in [-0.2, 0) is 17.7 Å². The largest absolute Gasteiger partial charge is 0.573 e. The second kappa shape index (κ2) is 7.82. The van der Waals surface area contributed by atoms with Gasteiger partial charge in [0.05, 0.1) is 6.54 Å². The Morgan fingerprint density at radius 3 is 2.74 bits per heavy atom. The maximum absolute atomic E-state index is 12.1. The quantitative estimate of drug-likeness (QED) is 0.412. The Kier molecular flexibility index (Phi) is 5.49. The second-order valence-electron chi connectivity index (χ2n) is 5.89. The summed E-state index contributed by atoms with van der Waals surface area (Å²) in [5, 5.41) is 10.7. The first kappa shape index (κ1) is 19.0. The Morgan fingerprint density at radius 1 is 1.33 bits per heavy atom. The Labute approximate surface area is 151 Å². The lowest BCUT2D eigenvalue weighted by Crippen LogP contribution is -2.32. The Morgan fingerprint density at radius 2 is 2.07 bits per heavy atom. The minimum atomic E-state index is -4.70. The summed E-state index contributed by atoms with van der Waals surface area (Å²) >= 11 is 0. The fourth-order valence-corrected chi connectivity index (χ4v) is 2.64. The van der Waals surface area contributed by atoms with E-state index < -0.39 is 11.3 Å². The third-order valence-electron chi connectivity index (χ3n) is 3.83. The standard InChI is InChI=1S/C16H16F3N3O5/c17-16(18,19)27-12-5-3-11(4-6-12)2-1-7-25-13-8-21-9-14(22(23)24)20-15(21)26-10-13/h3-6,9,13H,1-2,7-8,10H2/t13-/m0/s1. The van der Waals surface area contributed by atoms with Gasteiger partial charge in [-0.2, -0.15) is 0 Å². The van der Waals surface area contributed by atoms with Crippen molar-refractivity contribution in [2.75, 3.05) is 13.2 Å². The van der Waals surface area contributed by atoms with Gasteiger partial charge in [0.25, 0.3) is 0 Å². The monoisotopic (exact) mass is 387 g/mol. The van der Waals surface area contributed by atoms with Crippen LogP contribution in [0.5, 0.6) is 11.8 Å². The minimum Gasteiger partial charge on any atom is -0.443 e. The topological polar surface area (TPSA) is 88.7 Å². The Balaban J connectivity index is 1.41. The van der Waals surface area contributed by atoms with Crippen LogP contribution < -0.4 is 9.47 Å². The second-order valence-corrected chi connectivity index (χ2v) is 5.89. The van der Waals surface area contributed by atoms with Crippen LogP contribution in [0, 0.1) is 10.1 Å². The molecule has 0 saturated heterocycles. The molecule has 0 amide bonds. The number of imidazole rings is 1. The maximum Gasteiger partial charge on any atom is 0.573 e. The predicted octanol–water partition coefficient (Wildman–Crippen LogP) is 3.10. The Hall–Kier alpha value is -2.82. The van der Waals surface area contributed by atoms with Crippen molar-refractivity contribution in [2.24, 2.45) is 0 Å². The summed E-state index contributed by atoms with van der Waals surface area (Å²) in [6.45, 7) is 1.07. The lowest BCUT2D eigenvalue weighted by atomic mass is 10.1. The summed E-state index contributed by atoms with van der Waals surface area (Å²) in [6, 6.07) is 5.88. The first-order valence-corrected chi connectivity index (χ1v) is 8.11. The number of aromatic nitrogens is 2. The summed E-state index contributed by atoms with van der Waals surface area (Å²) in [5.74, 6) is -0.532. The number of benzene rings is 1. The van der Waals surface area contributed by atoms with E-state index in [9.17, 15) is 23.3 Å². The molecule has 1 aromatic carbocycles. The first-order valence-electron chi connectivity index (χ1n) is 8.11. The summed E-state index contributed by atoms with van der Waals surface area (Å²) in [7, 11) is 0. The van der Waals surface area contributed by atoms with Crippen LogP contribution in [0.2, 0.25) is 0 Å². The van der Waals surface area contributed by atoms with E-state index in [-0.39, 0.29) is 30.3 Å². The molecule has 1 atom stereocenters. The molecule has 0 fully saturated rings. The molecule has 8 nitrogen and oxygen atoms in total. The molecule has 27 heavy (non-hydrogen) atoms. The molecule has 0 unspecified atom stereocenters. The van der Waals surface area contributed by atoms with Crippen molar-refractivity contribution < 1.29 is 32.3 Å². The number of alkyl halides is 3. The fourth-order valence-electron chi connectivity index (χ4n) is 2.64. The van der Waals surface area contributed by atoms with Crippen molar-refractivity contribution in [2.45, 2.75) is 31.9 Å². The fraction of sp³-hybridized carbons (Fsp3) is 0.438. The number of nitro groups is 1. The molecule has 1 aromatic heterocycles. The highest BCUT2D eigenvalue weighted by Crippen LogP contribution is 2.24. The summed E-state index contributed by atoms with van der Waals surface area (Å²) in [5.41, 5.74) is 0.862. The lowest BCUT2D eigenvalue weighted by molar-refractivity contribution is -0.389. The zero-order valence-corrected chi connectivity index (χ0v) is 14.0. The van der Waals surface area contributed by atoms with Gasteiger partial charge in [-0.3, -0.25) is 4.57 Å². The lowest BCUT2D eigenvalue weighted by Gasteiger charge is -2.22. The number of ether oxygens (including phenoxy) is 3. The third kappa shape index (κ3) is 5.33. The van der Waals surface area contributed by atoms with Crippen LogP contribution in [0.3, 0.4) is 0 Å². The molecule has 0 bridgehead atoms. The highest BCUT2D eigenvalue weighted by atomic mass is 19.4. The highest BCUT2D eigenvalue weighted by molar-refractivity contribution is 5.27. The molecular weight excluding hydrogens is 371 g/mol. The zero-order chi connectivity index (χ0) is 19.4.